The molecule has 0 aromatic heterocycles. The van der Waals surface area contributed by atoms with Gasteiger partial charge in [0, 0.05) is 5.92 Å². The van der Waals surface area contributed by atoms with E-state index in [0.29, 0.717) is 19.3 Å². The van der Waals surface area contributed by atoms with E-state index < -0.39 is 103 Å². The second-order valence-electron chi connectivity index (χ2n) is 21.5. The molecule has 0 aromatic carbocycles. The zero-order valence-electron chi connectivity index (χ0n) is 34.5. The second kappa shape index (κ2) is 13.5. The molecule has 0 unspecified atom stereocenters. The third kappa shape index (κ3) is 5.71. The number of hydrogen-bond donors (Lipinski definition) is 9. The van der Waals surface area contributed by atoms with Gasteiger partial charge in [-0.15, -0.1) is 0 Å². The molecule has 14 heteroatoms. The highest BCUT2D eigenvalue weighted by molar-refractivity contribution is 5.33. The maximum atomic E-state index is 12.4. The van der Waals surface area contributed by atoms with E-state index in [1.807, 2.05) is 0 Å². The molecule has 9 N–H and O–H groups in total. The predicted octanol–water partition coefficient (Wildman–Crippen LogP) is 1.11. The smallest absolute Gasteiger partial charge is 0.187 e. The summed E-state index contributed by atoms with van der Waals surface area (Å²) in [7, 11) is 0. The third-order valence-corrected chi connectivity index (χ3v) is 18.0. The summed E-state index contributed by atoms with van der Waals surface area (Å²) in [5, 5.41) is 99.0. The first-order valence-corrected chi connectivity index (χ1v) is 21.3. The van der Waals surface area contributed by atoms with Gasteiger partial charge in [-0.2, -0.15) is 0 Å². The maximum Gasteiger partial charge on any atom is 0.187 e. The Morgan fingerprint density at radius 2 is 1.36 bits per heavy atom. The number of ether oxygens (including phenoxy) is 5. The molecule has 22 atom stereocenters. The van der Waals surface area contributed by atoms with E-state index in [1.165, 1.54) is 6.92 Å². The summed E-state index contributed by atoms with van der Waals surface area (Å²) in [6.07, 6.45) is -8.74. The standard InChI is InChI=1S/C42H70O14/c1-19-26(46)27(47)29(49)34(52-19)55-31-22(17-43)53-35(30(50)28(31)48)54-24-10-12-42-18-41(42)14-13-38(6)33(40(8)11-9-25(56-40)37(4,5)51)21(45)16-39(38,7)23(41)15-20(44)32(42)36(24,2)3/h19-35,43-51H,9-18H2,1-8H3/t19-,20-,21-,22+,23-,24-,25-,26-,27+,28+,29+,30+,31-,32-,33-,34-,35-,38+,39-,40+,41-,42+/m0/s1. The van der Waals surface area contributed by atoms with E-state index in [1.54, 1.807) is 13.8 Å². The lowest BCUT2D eigenvalue weighted by Crippen LogP contribution is -2.65. The van der Waals surface area contributed by atoms with Crippen LogP contribution in [0, 0.1) is 44.8 Å². The summed E-state index contributed by atoms with van der Waals surface area (Å²) in [5.41, 5.74) is -2.64. The molecule has 3 saturated heterocycles. The van der Waals surface area contributed by atoms with Gasteiger partial charge in [0.25, 0.3) is 0 Å². The second-order valence-corrected chi connectivity index (χ2v) is 21.5. The zero-order valence-corrected chi connectivity index (χ0v) is 34.5. The molecule has 0 radical (unpaired) electrons. The Balaban J connectivity index is 0.987. The molecule has 8 rings (SSSR count). The van der Waals surface area contributed by atoms with Gasteiger partial charge < -0.3 is 69.6 Å². The van der Waals surface area contributed by atoms with Crippen LogP contribution in [-0.4, -0.2) is 150 Å². The molecule has 56 heavy (non-hydrogen) atoms. The van der Waals surface area contributed by atoms with Gasteiger partial charge in [0.1, 0.15) is 42.7 Å². The summed E-state index contributed by atoms with van der Waals surface area (Å²) < 4.78 is 30.7. The zero-order chi connectivity index (χ0) is 40.9. The molecule has 3 aliphatic heterocycles. The molecule has 3 heterocycles. The van der Waals surface area contributed by atoms with Crippen LogP contribution >= 0.6 is 0 Å². The first-order chi connectivity index (χ1) is 25.9. The molecule has 14 nitrogen and oxygen atoms in total. The molecule has 0 bridgehead atoms. The van der Waals surface area contributed by atoms with Crippen LogP contribution in [0.1, 0.15) is 113 Å². The minimum atomic E-state index is -1.65. The highest BCUT2D eigenvalue weighted by atomic mass is 16.7. The SMILES string of the molecule is C[C@@H]1O[C@@H](O[C@@H]2[C@H](O)[C@@H](O)[C@H](O[C@H]3CC[C@]45C[C@]46CC[C@]4(C)[C@@H]([C@@]7(C)CC[C@@H](C(C)(C)O)O7)[C@@H](O)C[C@@]4(C)[C@@H]6C[C@H](O)[C@H]5C3(C)C)O[C@@H]2CO)[C@H](O)[C@H](O)[C@H]1O. The van der Waals surface area contributed by atoms with Crippen molar-refractivity contribution < 1.29 is 69.6 Å². The normalized spacial score (nSPS) is 59.2. The van der Waals surface area contributed by atoms with E-state index in [2.05, 4.69) is 34.6 Å². The van der Waals surface area contributed by atoms with Crippen LogP contribution in [0.3, 0.4) is 0 Å². The van der Waals surface area contributed by atoms with E-state index in [-0.39, 0.29) is 45.5 Å². The highest BCUT2D eigenvalue weighted by Gasteiger charge is 2.85. The number of rotatable bonds is 7. The molecular weight excluding hydrogens is 728 g/mol. The minimum Gasteiger partial charge on any atom is -0.394 e. The first kappa shape index (κ1) is 42.1. The highest BCUT2D eigenvalue weighted by Crippen LogP contribution is 2.89. The third-order valence-electron chi connectivity index (χ3n) is 18.0. The van der Waals surface area contributed by atoms with E-state index in [0.717, 1.165) is 38.5 Å². The molecule has 5 aliphatic carbocycles. The Morgan fingerprint density at radius 1 is 0.696 bits per heavy atom. The van der Waals surface area contributed by atoms with Crippen molar-refractivity contribution >= 4 is 0 Å². The summed E-state index contributed by atoms with van der Waals surface area (Å²) in [5.74, 6) is 0.0125. The maximum absolute atomic E-state index is 12.4. The van der Waals surface area contributed by atoms with Crippen molar-refractivity contribution in [3.05, 3.63) is 0 Å². The minimum absolute atomic E-state index is 0.0194. The van der Waals surface area contributed by atoms with Crippen molar-refractivity contribution in [3.63, 3.8) is 0 Å². The van der Waals surface area contributed by atoms with Crippen LogP contribution in [0.4, 0.5) is 0 Å². The van der Waals surface area contributed by atoms with E-state index in [9.17, 15) is 46.0 Å². The summed E-state index contributed by atoms with van der Waals surface area (Å²) in [6.45, 7) is 15.6. The van der Waals surface area contributed by atoms with Crippen molar-refractivity contribution in [2.45, 2.75) is 210 Å². The van der Waals surface area contributed by atoms with Gasteiger partial charge in [-0.3, -0.25) is 0 Å². The molecule has 322 valence electrons. The fourth-order valence-corrected chi connectivity index (χ4v) is 15.1. The average molecular weight is 799 g/mol. The number of fused-ring (bicyclic) bond motifs is 2. The first-order valence-electron chi connectivity index (χ1n) is 21.3. The lowest BCUT2D eigenvalue weighted by atomic mass is 9.41. The van der Waals surface area contributed by atoms with Gasteiger partial charge in [-0.05, 0) is 124 Å². The monoisotopic (exact) mass is 798 g/mol. The Hall–Kier alpha value is -0.560. The van der Waals surface area contributed by atoms with Gasteiger partial charge >= 0.3 is 0 Å². The predicted molar refractivity (Wildman–Crippen MR) is 198 cm³/mol. The molecule has 5 saturated carbocycles. The van der Waals surface area contributed by atoms with Crippen LogP contribution < -0.4 is 0 Å². The van der Waals surface area contributed by atoms with Crippen LogP contribution in [0.2, 0.25) is 0 Å². The molecule has 8 fully saturated rings. The van der Waals surface area contributed by atoms with Crippen molar-refractivity contribution in [1.29, 1.82) is 0 Å². The average Bonchev–Trinajstić information content (AvgIpc) is 3.47. The Bertz CT molecular complexity index is 1490. The van der Waals surface area contributed by atoms with Crippen LogP contribution in [0.25, 0.3) is 0 Å². The van der Waals surface area contributed by atoms with Crippen molar-refractivity contribution in [1.82, 2.24) is 0 Å². The molecule has 0 amide bonds. The van der Waals surface area contributed by atoms with E-state index >= 15 is 0 Å². The van der Waals surface area contributed by atoms with Crippen LogP contribution in [0.5, 0.6) is 0 Å². The van der Waals surface area contributed by atoms with Crippen molar-refractivity contribution in [2.75, 3.05) is 6.61 Å². The Labute approximate surface area is 330 Å². The van der Waals surface area contributed by atoms with Gasteiger partial charge in [0.05, 0.1) is 48.3 Å². The van der Waals surface area contributed by atoms with Crippen LogP contribution in [-0.2, 0) is 23.7 Å². The van der Waals surface area contributed by atoms with Gasteiger partial charge in [0.2, 0.25) is 0 Å². The number of aliphatic hydroxyl groups is 9. The van der Waals surface area contributed by atoms with Crippen molar-refractivity contribution in [2.24, 2.45) is 44.8 Å². The largest absolute Gasteiger partial charge is 0.394 e. The van der Waals surface area contributed by atoms with Gasteiger partial charge in [0.15, 0.2) is 12.6 Å². The number of aliphatic hydroxyl groups excluding tert-OH is 8. The molecule has 0 aromatic rings. The summed E-state index contributed by atoms with van der Waals surface area (Å²) in [6, 6.07) is 0. The summed E-state index contributed by atoms with van der Waals surface area (Å²) in [4.78, 5) is 0. The quantitative estimate of drug-likeness (QED) is 0.165. The molecule has 2 spiro atoms. The summed E-state index contributed by atoms with van der Waals surface area (Å²) >= 11 is 0. The van der Waals surface area contributed by atoms with Crippen LogP contribution in [0.15, 0.2) is 0 Å². The van der Waals surface area contributed by atoms with Crippen molar-refractivity contribution in [3.8, 4) is 0 Å². The molecular formula is C42H70O14. The fourth-order valence-electron chi connectivity index (χ4n) is 15.1. The Morgan fingerprint density at radius 3 is 2.00 bits per heavy atom. The molecule has 8 aliphatic rings. The van der Waals surface area contributed by atoms with E-state index in [4.69, 9.17) is 23.7 Å². The van der Waals surface area contributed by atoms with Gasteiger partial charge in [-0.1, -0.05) is 27.7 Å². The lowest BCUT2D eigenvalue weighted by Gasteiger charge is -2.64. The topological polar surface area (TPSA) is 228 Å². The Kier molecular flexibility index (Phi) is 10.1. The number of hydrogen-bond acceptors (Lipinski definition) is 14. The van der Waals surface area contributed by atoms with Gasteiger partial charge in [-0.25, -0.2) is 0 Å². The lowest BCUT2D eigenvalue weighted by molar-refractivity contribution is -0.366. The fraction of sp³-hybridized carbons (Fsp3) is 1.00.